The molecule has 0 aliphatic carbocycles. The molecule has 1 N–H and O–H groups in total. The Kier molecular flexibility index (Phi) is 4.41. The maximum atomic E-state index is 12.5. The highest BCUT2D eigenvalue weighted by atomic mass is 32.1. The Labute approximate surface area is 139 Å². The number of hydrogen-bond donors (Lipinski definition) is 1. The fourth-order valence-electron chi connectivity index (χ4n) is 2.57. The van der Waals surface area contributed by atoms with Crippen molar-refractivity contribution in [2.45, 2.75) is 25.9 Å². The van der Waals surface area contributed by atoms with Crippen LogP contribution in [0, 0.1) is 0 Å². The van der Waals surface area contributed by atoms with Crippen molar-refractivity contribution >= 4 is 32.7 Å². The Bertz CT molecular complexity index is 718. The van der Waals surface area contributed by atoms with Gasteiger partial charge in [0.15, 0.2) is 5.13 Å². The van der Waals surface area contributed by atoms with E-state index in [1.165, 1.54) is 11.3 Å². The molecule has 7 heteroatoms. The summed E-state index contributed by atoms with van der Waals surface area (Å²) in [5.41, 5.74) is 0.586. The molecular weight excluding hydrogens is 314 g/mol. The number of anilines is 1. The minimum absolute atomic E-state index is 0.126. The van der Waals surface area contributed by atoms with Crippen molar-refractivity contribution in [1.82, 2.24) is 9.88 Å². The largest absolute Gasteiger partial charge is 0.497 e. The fraction of sp³-hybridized carbons (Fsp3) is 0.500. The highest BCUT2D eigenvalue weighted by molar-refractivity contribution is 7.22. The van der Waals surface area contributed by atoms with E-state index in [1.807, 2.05) is 25.1 Å². The van der Waals surface area contributed by atoms with Crippen molar-refractivity contribution in [1.29, 1.82) is 0 Å². The van der Waals surface area contributed by atoms with Crippen LogP contribution in [0.15, 0.2) is 18.2 Å². The maximum Gasteiger partial charge on any atom is 0.323 e. The molecule has 0 saturated carbocycles. The van der Waals surface area contributed by atoms with E-state index in [4.69, 9.17) is 9.47 Å². The molecule has 23 heavy (non-hydrogen) atoms. The van der Waals surface area contributed by atoms with Crippen molar-refractivity contribution in [3.63, 3.8) is 0 Å². The third-order valence-corrected chi connectivity index (χ3v) is 5.12. The van der Waals surface area contributed by atoms with Gasteiger partial charge in [-0.1, -0.05) is 18.3 Å². The highest BCUT2D eigenvalue weighted by Gasteiger charge is 2.32. The predicted molar refractivity (Wildman–Crippen MR) is 91.4 cm³/mol. The number of methoxy groups -OCH3 is 1. The number of hydrogen-bond acceptors (Lipinski definition) is 5. The lowest BCUT2D eigenvalue weighted by molar-refractivity contribution is -0.0860. The Morgan fingerprint density at radius 2 is 2.39 bits per heavy atom. The molecule has 0 bridgehead atoms. The van der Waals surface area contributed by atoms with Gasteiger partial charge in [-0.2, -0.15) is 0 Å². The van der Waals surface area contributed by atoms with Crippen LogP contribution in [0.1, 0.15) is 20.3 Å². The van der Waals surface area contributed by atoms with Crippen LogP contribution in [0.5, 0.6) is 5.75 Å². The van der Waals surface area contributed by atoms with E-state index >= 15 is 0 Å². The molecule has 1 aliphatic heterocycles. The topological polar surface area (TPSA) is 63.7 Å². The summed E-state index contributed by atoms with van der Waals surface area (Å²) in [6, 6.07) is 5.55. The standard InChI is InChI=1S/C16H21N3O3S/c1-4-16(2)10-19(7-8-22-16)15(20)18-14-17-12-6-5-11(21-3)9-13(12)23-14/h5-6,9H,4,7-8,10H2,1-3H3,(H,17,18,20). The van der Waals surface area contributed by atoms with E-state index in [-0.39, 0.29) is 11.6 Å². The van der Waals surface area contributed by atoms with Crippen molar-refractivity contribution < 1.29 is 14.3 Å². The lowest BCUT2D eigenvalue weighted by atomic mass is 10.0. The number of nitrogens with zero attached hydrogens (tertiary/aromatic N) is 2. The number of thiazole rings is 1. The smallest absolute Gasteiger partial charge is 0.323 e. The normalized spacial score (nSPS) is 21.4. The summed E-state index contributed by atoms with van der Waals surface area (Å²) in [6.45, 7) is 5.86. The van der Waals surface area contributed by atoms with E-state index in [0.717, 1.165) is 22.4 Å². The third-order valence-electron chi connectivity index (χ3n) is 4.18. The number of urea groups is 1. The van der Waals surface area contributed by atoms with Crippen molar-refractivity contribution in [2.75, 3.05) is 32.1 Å². The number of nitrogens with one attached hydrogen (secondary N) is 1. The van der Waals surface area contributed by atoms with Crippen LogP contribution < -0.4 is 10.1 Å². The van der Waals surface area contributed by atoms with E-state index in [2.05, 4.69) is 17.2 Å². The molecule has 1 aromatic carbocycles. The summed E-state index contributed by atoms with van der Waals surface area (Å²) in [4.78, 5) is 18.7. The van der Waals surface area contributed by atoms with Crippen LogP contribution in [0.2, 0.25) is 0 Å². The molecule has 1 unspecified atom stereocenters. The van der Waals surface area contributed by atoms with Gasteiger partial charge in [-0.25, -0.2) is 9.78 Å². The number of ether oxygens (including phenoxy) is 2. The Balaban J connectivity index is 1.72. The lowest BCUT2D eigenvalue weighted by Crippen LogP contribution is -2.52. The zero-order chi connectivity index (χ0) is 16.4. The van der Waals surface area contributed by atoms with E-state index < -0.39 is 0 Å². The Morgan fingerprint density at radius 3 is 3.13 bits per heavy atom. The molecule has 1 fully saturated rings. The first-order valence-corrected chi connectivity index (χ1v) is 8.49. The fourth-order valence-corrected chi connectivity index (χ4v) is 3.46. The van der Waals surface area contributed by atoms with Crippen LogP contribution in [0.25, 0.3) is 10.2 Å². The molecule has 2 heterocycles. The molecule has 1 aromatic heterocycles. The molecule has 1 atom stereocenters. The second-order valence-electron chi connectivity index (χ2n) is 5.86. The number of rotatable bonds is 3. The van der Waals surface area contributed by atoms with E-state index in [0.29, 0.717) is 24.8 Å². The van der Waals surface area contributed by atoms with Crippen molar-refractivity contribution in [2.24, 2.45) is 0 Å². The number of fused-ring (bicyclic) bond motifs is 1. The highest BCUT2D eigenvalue weighted by Crippen LogP contribution is 2.29. The van der Waals surface area contributed by atoms with E-state index in [1.54, 1.807) is 12.0 Å². The molecular formula is C16H21N3O3S. The van der Waals surface area contributed by atoms with Crippen LogP contribution in [-0.4, -0.2) is 48.3 Å². The average molecular weight is 335 g/mol. The van der Waals surface area contributed by atoms with Gasteiger partial charge in [-0.3, -0.25) is 5.32 Å². The lowest BCUT2D eigenvalue weighted by Gasteiger charge is -2.39. The number of aromatic nitrogens is 1. The maximum absolute atomic E-state index is 12.5. The van der Waals surface area contributed by atoms with Gasteiger partial charge in [0, 0.05) is 6.54 Å². The van der Waals surface area contributed by atoms with E-state index in [9.17, 15) is 4.79 Å². The zero-order valence-electron chi connectivity index (χ0n) is 13.6. The van der Waals surface area contributed by atoms with Crippen LogP contribution >= 0.6 is 11.3 Å². The molecule has 1 aliphatic rings. The first kappa shape index (κ1) is 16.0. The van der Waals surface area contributed by atoms with Gasteiger partial charge in [0.25, 0.3) is 0 Å². The van der Waals surface area contributed by atoms with Gasteiger partial charge in [-0.05, 0) is 31.5 Å². The molecule has 0 radical (unpaired) electrons. The Morgan fingerprint density at radius 1 is 1.57 bits per heavy atom. The first-order valence-electron chi connectivity index (χ1n) is 7.67. The van der Waals surface area contributed by atoms with Gasteiger partial charge >= 0.3 is 6.03 Å². The predicted octanol–water partition coefficient (Wildman–Crippen LogP) is 3.34. The first-order chi connectivity index (χ1) is 11.0. The van der Waals surface area contributed by atoms with Crippen molar-refractivity contribution in [3.8, 4) is 5.75 Å². The summed E-state index contributed by atoms with van der Waals surface area (Å²) >= 11 is 1.44. The molecule has 3 rings (SSSR count). The van der Waals surface area contributed by atoms with Crippen LogP contribution in [0.4, 0.5) is 9.93 Å². The number of carbonyl (C=O) groups excluding carboxylic acids is 1. The number of carbonyl (C=O) groups is 1. The van der Waals surface area contributed by atoms with Gasteiger partial charge in [0.2, 0.25) is 0 Å². The zero-order valence-corrected chi connectivity index (χ0v) is 14.4. The minimum Gasteiger partial charge on any atom is -0.497 e. The summed E-state index contributed by atoms with van der Waals surface area (Å²) in [7, 11) is 1.63. The summed E-state index contributed by atoms with van der Waals surface area (Å²) in [6.07, 6.45) is 0.873. The van der Waals surface area contributed by atoms with Gasteiger partial charge in [0.05, 0.1) is 36.1 Å². The minimum atomic E-state index is -0.267. The third kappa shape index (κ3) is 3.40. The molecule has 2 aromatic rings. The summed E-state index contributed by atoms with van der Waals surface area (Å²) in [5.74, 6) is 0.783. The quantitative estimate of drug-likeness (QED) is 0.934. The molecule has 124 valence electrons. The second-order valence-corrected chi connectivity index (χ2v) is 6.89. The monoisotopic (exact) mass is 335 g/mol. The van der Waals surface area contributed by atoms with Crippen LogP contribution in [-0.2, 0) is 4.74 Å². The van der Waals surface area contributed by atoms with Gasteiger partial charge < -0.3 is 14.4 Å². The van der Waals surface area contributed by atoms with Gasteiger partial charge in [0.1, 0.15) is 5.75 Å². The molecule has 0 spiro atoms. The Hall–Kier alpha value is -1.86. The summed E-state index contributed by atoms with van der Waals surface area (Å²) < 4.78 is 12.0. The average Bonchev–Trinajstić information content (AvgIpc) is 2.96. The molecule has 1 saturated heterocycles. The number of morpholine rings is 1. The second kappa shape index (κ2) is 6.33. The van der Waals surface area contributed by atoms with Crippen molar-refractivity contribution in [3.05, 3.63) is 18.2 Å². The van der Waals surface area contributed by atoms with Gasteiger partial charge in [-0.15, -0.1) is 0 Å². The molecule has 6 nitrogen and oxygen atoms in total. The summed E-state index contributed by atoms with van der Waals surface area (Å²) in [5, 5.41) is 3.50. The van der Waals surface area contributed by atoms with Crippen LogP contribution in [0.3, 0.4) is 0 Å². The molecule has 2 amide bonds. The number of amides is 2. The number of benzene rings is 1. The SMILES string of the molecule is CCC1(C)CN(C(=O)Nc2nc3ccc(OC)cc3s2)CCO1.